The summed E-state index contributed by atoms with van der Waals surface area (Å²) < 4.78 is 0. The van der Waals surface area contributed by atoms with Crippen molar-refractivity contribution in [2.45, 2.75) is 13.3 Å². The quantitative estimate of drug-likeness (QED) is 0.679. The Bertz CT molecular complexity index is 213. The fourth-order valence-corrected chi connectivity index (χ4v) is 1.33. The molecule has 0 aliphatic carbocycles. The molecule has 1 N–H and O–H groups in total. The summed E-state index contributed by atoms with van der Waals surface area (Å²) >= 11 is 1.71. The van der Waals surface area contributed by atoms with Gasteiger partial charge in [0.15, 0.2) is 0 Å². The molecule has 11 heavy (non-hydrogen) atoms. The van der Waals surface area contributed by atoms with Crippen LogP contribution < -0.4 is 5.32 Å². The van der Waals surface area contributed by atoms with Crippen LogP contribution in [0.1, 0.15) is 13.3 Å². The summed E-state index contributed by atoms with van der Waals surface area (Å²) in [4.78, 5) is 0. The molecule has 0 radical (unpaired) electrons. The lowest BCUT2D eigenvalue weighted by atomic mass is 10.2. The molecule has 0 saturated carbocycles. The topological polar surface area (TPSA) is 12.0 Å². The fraction of sp³-hybridized carbons (Fsp3) is 0.333. The highest BCUT2D eigenvalue weighted by Crippen LogP contribution is 2.12. The van der Waals surface area contributed by atoms with Crippen LogP contribution in [0.2, 0.25) is 0 Å². The molecule has 0 spiro atoms. The molecular formula is C9H13NS. The molecule has 0 aromatic carbocycles. The van der Waals surface area contributed by atoms with E-state index in [4.69, 9.17) is 0 Å². The Morgan fingerprint density at radius 1 is 1.73 bits per heavy atom. The van der Waals surface area contributed by atoms with Crippen LogP contribution in [0.4, 0.5) is 5.69 Å². The smallest absolute Gasteiger partial charge is 0.0451 e. The lowest BCUT2D eigenvalue weighted by Crippen LogP contribution is -2.01. The zero-order valence-corrected chi connectivity index (χ0v) is 7.58. The predicted octanol–water partition coefficient (Wildman–Crippen LogP) is 3.13. The molecule has 0 aliphatic rings. The second-order valence-corrected chi connectivity index (χ2v) is 3.25. The minimum atomic E-state index is 0.896. The van der Waals surface area contributed by atoms with Crippen LogP contribution in [-0.2, 0) is 0 Å². The van der Waals surface area contributed by atoms with Crippen LogP contribution in [0, 0.1) is 0 Å². The standard InChI is InChI=1S/C9H13NS/c1-3-8(2)6-10-9-4-5-11-7-9/h4-5,7,10H,2-3,6H2,1H3. The SMILES string of the molecule is C=C(CC)CNc1ccsc1. The molecule has 0 unspecified atom stereocenters. The summed E-state index contributed by atoms with van der Waals surface area (Å²) in [7, 11) is 0. The van der Waals surface area contributed by atoms with Crippen molar-refractivity contribution >= 4 is 17.0 Å². The van der Waals surface area contributed by atoms with E-state index in [1.807, 2.05) is 0 Å². The second-order valence-electron chi connectivity index (χ2n) is 2.47. The Labute approximate surface area is 71.8 Å². The Balaban J connectivity index is 2.29. The lowest BCUT2D eigenvalue weighted by Gasteiger charge is -2.03. The van der Waals surface area contributed by atoms with Gasteiger partial charge in [-0.15, -0.1) is 0 Å². The van der Waals surface area contributed by atoms with E-state index in [2.05, 4.69) is 35.6 Å². The van der Waals surface area contributed by atoms with Crippen LogP contribution in [0.25, 0.3) is 0 Å². The highest BCUT2D eigenvalue weighted by atomic mass is 32.1. The molecular weight excluding hydrogens is 154 g/mol. The number of hydrogen-bond acceptors (Lipinski definition) is 2. The van der Waals surface area contributed by atoms with Crippen molar-refractivity contribution in [1.29, 1.82) is 0 Å². The molecule has 1 rings (SSSR count). The van der Waals surface area contributed by atoms with Gasteiger partial charge in [0, 0.05) is 17.6 Å². The van der Waals surface area contributed by atoms with E-state index < -0.39 is 0 Å². The third-order valence-corrected chi connectivity index (χ3v) is 2.25. The highest BCUT2D eigenvalue weighted by Gasteiger charge is 1.91. The largest absolute Gasteiger partial charge is 0.381 e. The average Bonchev–Trinajstić information content (AvgIpc) is 2.52. The van der Waals surface area contributed by atoms with E-state index in [9.17, 15) is 0 Å². The number of hydrogen-bond donors (Lipinski definition) is 1. The lowest BCUT2D eigenvalue weighted by molar-refractivity contribution is 1.05. The molecule has 2 heteroatoms. The normalized spacial score (nSPS) is 9.55. The average molecular weight is 167 g/mol. The first-order chi connectivity index (χ1) is 5.33. The highest BCUT2D eigenvalue weighted by molar-refractivity contribution is 7.08. The third-order valence-electron chi connectivity index (χ3n) is 1.56. The maximum absolute atomic E-state index is 3.91. The van der Waals surface area contributed by atoms with Crippen molar-refractivity contribution in [2.75, 3.05) is 11.9 Å². The zero-order valence-electron chi connectivity index (χ0n) is 6.76. The van der Waals surface area contributed by atoms with Crippen molar-refractivity contribution in [3.05, 3.63) is 29.0 Å². The second kappa shape index (κ2) is 4.19. The molecule has 1 aromatic heterocycles. The Hall–Kier alpha value is -0.760. The van der Waals surface area contributed by atoms with Crippen molar-refractivity contribution < 1.29 is 0 Å². The molecule has 0 fully saturated rings. The predicted molar refractivity (Wildman–Crippen MR) is 52.2 cm³/mol. The van der Waals surface area contributed by atoms with Crippen molar-refractivity contribution in [3.63, 3.8) is 0 Å². The van der Waals surface area contributed by atoms with Gasteiger partial charge in [0.05, 0.1) is 0 Å². The van der Waals surface area contributed by atoms with Gasteiger partial charge in [-0.2, -0.15) is 11.3 Å². The van der Waals surface area contributed by atoms with Crippen molar-refractivity contribution in [1.82, 2.24) is 0 Å². The Kier molecular flexibility index (Phi) is 3.17. The Morgan fingerprint density at radius 2 is 2.55 bits per heavy atom. The van der Waals surface area contributed by atoms with E-state index in [-0.39, 0.29) is 0 Å². The van der Waals surface area contributed by atoms with Crippen LogP contribution >= 0.6 is 11.3 Å². The van der Waals surface area contributed by atoms with Gasteiger partial charge in [0.1, 0.15) is 0 Å². The maximum Gasteiger partial charge on any atom is 0.0451 e. The molecule has 0 atom stereocenters. The van der Waals surface area contributed by atoms with E-state index in [0.717, 1.165) is 13.0 Å². The van der Waals surface area contributed by atoms with E-state index in [1.54, 1.807) is 11.3 Å². The van der Waals surface area contributed by atoms with Gasteiger partial charge in [0.25, 0.3) is 0 Å². The van der Waals surface area contributed by atoms with Gasteiger partial charge in [-0.25, -0.2) is 0 Å². The van der Waals surface area contributed by atoms with E-state index in [0.29, 0.717) is 0 Å². The summed E-state index contributed by atoms with van der Waals surface area (Å²) in [6.07, 6.45) is 1.05. The van der Waals surface area contributed by atoms with Gasteiger partial charge in [-0.1, -0.05) is 19.1 Å². The van der Waals surface area contributed by atoms with Crippen LogP contribution in [0.5, 0.6) is 0 Å². The fourth-order valence-electron chi connectivity index (χ4n) is 0.717. The van der Waals surface area contributed by atoms with Crippen LogP contribution in [0.3, 0.4) is 0 Å². The van der Waals surface area contributed by atoms with Gasteiger partial charge >= 0.3 is 0 Å². The number of anilines is 1. The number of rotatable bonds is 4. The molecule has 1 heterocycles. The molecule has 0 bridgehead atoms. The first kappa shape index (κ1) is 8.34. The number of nitrogens with one attached hydrogen (secondary N) is 1. The third kappa shape index (κ3) is 2.76. The maximum atomic E-state index is 3.91. The molecule has 0 saturated heterocycles. The summed E-state index contributed by atoms with van der Waals surface area (Å²) in [6.45, 7) is 6.93. The van der Waals surface area contributed by atoms with Crippen molar-refractivity contribution in [3.8, 4) is 0 Å². The van der Waals surface area contributed by atoms with Crippen LogP contribution in [-0.4, -0.2) is 6.54 Å². The molecule has 0 amide bonds. The summed E-state index contributed by atoms with van der Waals surface area (Å²) in [6, 6.07) is 2.08. The molecule has 1 nitrogen and oxygen atoms in total. The molecule has 0 aliphatic heterocycles. The Morgan fingerprint density at radius 3 is 3.09 bits per heavy atom. The number of thiophene rings is 1. The minimum Gasteiger partial charge on any atom is -0.381 e. The summed E-state index contributed by atoms with van der Waals surface area (Å²) in [5.41, 5.74) is 2.45. The summed E-state index contributed by atoms with van der Waals surface area (Å²) in [5.74, 6) is 0. The van der Waals surface area contributed by atoms with E-state index in [1.165, 1.54) is 11.3 Å². The monoisotopic (exact) mass is 167 g/mol. The first-order valence-corrected chi connectivity index (χ1v) is 4.70. The van der Waals surface area contributed by atoms with Gasteiger partial charge < -0.3 is 5.32 Å². The van der Waals surface area contributed by atoms with Crippen LogP contribution in [0.15, 0.2) is 29.0 Å². The van der Waals surface area contributed by atoms with Gasteiger partial charge in [0.2, 0.25) is 0 Å². The molecule has 60 valence electrons. The molecule has 1 aromatic rings. The first-order valence-electron chi connectivity index (χ1n) is 3.75. The zero-order chi connectivity index (χ0) is 8.10. The minimum absolute atomic E-state index is 0.896. The summed E-state index contributed by atoms with van der Waals surface area (Å²) in [5, 5.41) is 7.45. The van der Waals surface area contributed by atoms with Crippen molar-refractivity contribution in [2.24, 2.45) is 0 Å². The van der Waals surface area contributed by atoms with E-state index >= 15 is 0 Å². The van der Waals surface area contributed by atoms with Gasteiger partial charge in [-0.3, -0.25) is 0 Å². The van der Waals surface area contributed by atoms with Gasteiger partial charge in [-0.05, 0) is 17.9 Å².